The zero-order valence-corrected chi connectivity index (χ0v) is 16.7. The second-order valence-electron chi connectivity index (χ2n) is 8.11. The summed E-state index contributed by atoms with van der Waals surface area (Å²) in [7, 11) is 1.42. The van der Waals surface area contributed by atoms with Gasteiger partial charge >= 0.3 is 5.97 Å². The molecule has 4 rings (SSSR count). The second kappa shape index (κ2) is 6.86. The van der Waals surface area contributed by atoms with Gasteiger partial charge in [0, 0.05) is 6.07 Å². The third-order valence-electron chi connectivity index (χ3n) is 4.85. The van der Waals surface area contributed by atoms with Crippen LogP contribution < -0.4 is 14.5 Å². The molecule has 1 aliphatic heterocycles. The fraction of sp³-hybridized carbons (Fsp3) is 0.364. The lowest BCUT2D eigenvalue weighted by molar-refractivity contribution is -0.495. The van der Waals surface area contributed by atoms with Gasteiger partial charge in [-0.25, -0.2) is 8.97 Å². The summed E-state index contributed by atoms with van der Waals surface area (Å²) >= 11 is 0. The Kier molecular flexibility index (Phi) is 4.49. The highest BCUT2D eigenvalue weighted by molar-refractivity contribution is 5.79. The molecular formula is C22H26N3O3+. The normalized spacial score (nSPS) is 15.9. The molecule has 1 unspecified atom stereocenters. The molecule has 2 aromatic heterocycles. The molecule has 0 aliphatic carbocycles. The number of aromatic nitrogens is 2. The van der Waals surface area contributed by atoms with Crippen molar-refractivity contribution >= 4 is 17.4 Å². The average molecular weight is 380 g/mol. The number of carbonyl (C=O) groups excluding carboxylic acids is 1. The number of para-hydroxylation sites is 1. The van der Waals surface area contributed by atoms with Gasteiger partial charge in [0.1, 0.15) is 18.4 Å². The zero-order chi connectivity index (χ0) is 19.9. The molecule has 6 nitrogen and oxygen atoms in total. The van der Waals surface area contributed by atoms with E-state index in [9.17, 15) is 4.79 Å². The molecule has 1 atom stereocenters. The fourth-order valence-corrected chi connectivity index (χ4v) is 3.74. The van der Waals surface area contributed by atoms with Crippen LogP contribution >= 0.6 is 0 Å². The van der Waals surface area contributed by atoms with Crippen molar-refractivity contribution < 1.29 is 18.7 Å². The van der Waals surface area contributed by atoms with Crippen molar-refractivity contribution in [2.45, 2.75) is 38.8 Å². The molecule has 6 heteroatoms. The van der Waals surface area contributed by atoms with Crippen LogP contribution in [0.2, 0.25) is 0 Å². The van der Waals surface area contributed by atoms with Crippen LogP contribution in [-0.4, -0.2) is 29.8 Å². The molecule has 3 heterocycles. The van der Waals surface area contributed by atoms with Gasteiger partial charge in [0.05, 0.1) is 30.8 Å². The average Bonchev–Trinajstić information content (AvgIpc) is 2.88. The predicted molar refractivity (Wildman–Crippen MR) is 108 cm³/mol. The summed E-state index contributed by atoms with van der Waals surface area (Å²) < 4.78 is 15.4. The van der Waals surface area contributed by atoms with Crippen LogP contribution in [0.25, 0.3) is 16.9 Å². The summed E-state index contributed by atoms with van der Waals surface area (Å²) in [5.41, 5.74) is 2.88. The molecule has 0 radical (unpaired) electrons. The van der Waals surface area contributed by atoms with E-state index in [1.54, 1.807) is 0 Å². The van der Waals surface area contributed by atoms with Gasteiger partial charge in [0.2, 0.25) is 5.65 Å². The minimum atomic E-state index is -0.251. The van der Waals surface area contributed by atoms with E-state index in [0.717, 1.165) is 28.5 Å². The lowest BCUT2D eigenvalue weighted by Crippen LogP contribution is -2.33. The SMILES string of the molecule is COC(=O)CC1COc2ccccc2-c2c(NC(C)(C)C)[n+]3ccccc3n21. The van der Waals surface area contributed by atoms with E-state index >= 15 is 0 Å². The molecule has 0 amide bonds. The van der Waals surface area contributed by atoms with Crippen molar-refractivity contribution in [2.75, 3.05) is 19.0 Å². The maximum Gasteiger partial charge on any atom is 0.309 e. The molecule has 28 heavy (non-hydrogen) atoms. The van der Waals surface area contributed by atoms with Crippen molar-refractivity contribution in [3.05, 3.63) is 48.7 Å². The molecule has 1 aliphatic rings. The highest BCUT2D eigenvalue weighted by atomic mass is 16.5. The Morgan fingerprint density at radius 1 is 1.25 bits per heavy atom. The summed E-state index contributed by atoms with van der Waals surface area (Å²) in [6, 6.07) is 13.9. The van der Waals surface area contributed by atoms with Gasteiger partial charge in [0.15, 0.2) is 5.69 Å². The first-order chi connectivity index (χ1) is 13.4. The van der Waals surface area contributed by atoms with E-state index in [4.69, 9.17) is 9.47 Å². The molecule has 0 fully saturated rings. The number of carbonyl (C=O) groups is 1. The van der Waals surface area contributed by atoms with Crippen LogP contribution in [0, 0.1) is 0 Å². The summed E-state index contributed by atoms with van der Waals surface area (Å²) in [5, 5.41) is 3.66. The standard InChI is InChI=1S/C22H26N3O3/c1-22(2,3)23-21-20-16-9-5-6-10-17(16)28-14-15(13-19(26)27-4)25(20)18-11-7-8-12-24(18)21/h5-12,15,23H,13-14H2,1-4H3/q+1. The molecule has 1 aromatic carbocycles. The van der Waals surface area contributed by atoms with Gasteiger partial charge in [0.25, 0.3) is 5.82 Å². The van der Waals surface area contributed by atoms with Crippen molar-refractivity contribution in [2.24, 2.45) is 0 Å². The molecule has 0 spiro atoms. The number of fused-ring (bicyclic) bond motifs is 5. The van der Waals surface area contributed by atoms with Crippen LogP contribution in [0.4, 0.5) is 5.82 Å². The first kappa shape index (κ1) is 18.3. The van der Waals surface area contributed by atoms with Gasteiger partial charge in [-0.15, -0.1) is 0 Å². The van der Waals surface area contributed by atoms with E-state index in [2.05, 4.69) is 47.2 Å². The topological polar surface area (TPSA) is 56.6 Å². The van der Waals surface area contributed by atoms with E-state index in [-0.39, 0.29) is 24.0 Å². The van der Waals surface area contributed by atoms with Gasteiger partial charge in [-0.2, -0.15) is 0 Å². The Labute approximate surface area is 164 Å². The van der Waals surface area contributed by atoms with Gasteiger partial charge in [-0.05, 0) is 39.0 Å². The Morgan fingerprint density at radius 2 is 2.00 bits per heavy atom. The Balaban J connectivity index is 2.04. The quantitative estimate of drug-likeness (QED) is 0.557. The number of ether oxygens (including phenoxy) is 2. The summed E-state index contributed by atoms with van der Waals surface area (Å²) in [5.74, 6) is 1.55. The summed E-state index contributed by atoms with van der Waals surface area (Å²) in [6.45, 7) is 6.81. The van der Waals surface area contributed by atoms with Crippen molar-refractivity contribution in [1.82, 2.24) is 4.57 Å². The Morgan fingerprint density at radius 3 is 2.75 bits per heavy atom. The number of pyridine rings is 1. The maximum absolute atomic E-state index is 12.1. The Bertz CT molecular complexity index is 1030. The van der Waals surface area contributed by atoms with E-state index < -0.39 is 0 Å². The number of methoxy groups -OCH3 is 1. The lowest BCUT2D eigenvalue weighted by atomic mass is 10.1. The molecule has 0 bridgehead atoms. The minimum absolute atomic E-state index is 0.140. The number of imidazole rings is 1. The van der Waals surface area contributed by atoms with E-state index in [0.29, 0.717) is 6.61 Å². The number of benzene rings is 1. The van der Waals surface area contributed by atoms with Crippen LogP contribution in [0.15, 0.2) is 48.7 Å². The van der Waals surface area contributed by atoms with Crippen molar-refractivity contribution in [3.63, 3.8) is 0 Å². The smallest absolute Gasteiger partial charge is 0.309 e. The third-order valence-corrected chi connectivity index (χ3v) is 4.85. The molecule has 0 saturated carbocycles. The number of anilines is 1. The molecule has 146 valence electrons. The molecular weight excluding hydrogens is 354 g/mol. The summed E-state index contributed by atoms with van der Waals surface area (Å²) in [4.78, 5) is 12.1. The number of esters is 1. The lowest BCUT2D eigenvalue weighted by Gasteiger charge is -2.17. The highest BCUT2D eigenvalue weighted by Gasteiger charge is 2.37. The van der Waals surface area contributed by atoms with Gasteiger partial charge < -0.3 is 9.47 Å². The molecule has 1 N–H and O–H groups in total. The zero-order valence-electron chi connectivity index (χ0n) is 16.7. The first-order valence-electron chi connectivity index (χ1n) is 9.51. The number of hydrogen-bond donors (Lipinski definition) is 1. The van der Waals surface area contributed by atoms with Crippen molar-refractivity contribution in [3.8, 4) is 17.0 Å². The number of hydrogen-bond acceptors (Lipinski definition) is 4. The van der Waals surface area contributed by atoms with Crippen LogP contribution in [-0.2, 0) is 9.53 Å². The predicted octanol–water partition coefficient (Wildman–Crippen LogP) is 3.60. The highest BCUT2D eigenvalue weighted by Crippen LogP contribution is 2.41. The van der Waals surface area contributed by atoms with Crippen LogP contribution in [0.1, 0.15) is 33.2 Å². The van der Waals surface area contributed by atoms with Crippen molar-refractivity contribution in [1.29, 1.82) is 0 Å². The molecule has 0 saturated heterocycles. The first-order valence-corrected chi connectivity index (χ1v) is 9.51. The van der Waals surface area contributed by atoms with Crippen LogP contribution in [0.3, 0.4) is 0 Å². The monoisotopic (exact) mass is 380 g/mol. The minimum Gasteiger partial charge on any atom is -0.489 e. The molecule has 3 aromatic rings. The maximum atomic E-state index is 12.1. The third kappa shape index (κ3) is 3.19. The summed E-state index contributed by atoms with van der Waals surface area (Å²) in [6.07, 6.45) is 2.29. The largest absolute Gasteiger partial charge is 0.489 e. The van der Waals surface area contributed by atoms with E-state index in [1.165, 1.54) is 7.11 Å². The second-order valence-corrected chi connectivity index (χ2v) is 8.11. The van der Waals surface area contributed by atoms with Gasteiger partial charge in [-0.1, -0.05) is 18.2 Å². The fourth-order valence-electron chi connectivity index (χ4n) is 3.74. The number of rotatable bonds is 3. The Hall–Kier alpha value is -3.02. The van der Waals surface area contributed by atoms with Crippen LogP contribution in [0.5, 0.6) is 5.75 Å². The number of nitrogens with one attached hydrogen (secondary N) is 1. The van der Waals surface area contributed by atoms with E-state index in [1.807, 2.05) is 36.5 Å². The van der Waals surface area contributed by atoms with Gasteiger partial charge in [-0.3, -0.25) is 10.1 Å². The number of nitrogens with zero attached hydrogens (tertiary/aromatic N) is 2.